The number of nitrogens with two attached hydrogens (primary N) is 2. The molecule has 96 valence electrons. The Morgan fingerprint density at radius 3 is 2.61 bits per heavy atom. The first kappa shape index (κ1) is 12.8. The van der Waals surface area contributed by atoms with Crippen LogP contribution in [0, 0.1) is 6.92 Å². The van der Waals surface area contributed by atoms with E-state index in [1.165, 1.54) is 11.3 Å². The summed E-state index contributed by atoms with van der Waals surface area (Å²) in [6, 6.07) is 0. The van der Waals surface area contributed by atoms with Crippen molar-refractivity contribution in [3.05, 3.63) is 11.1 Å². The van der Waals surface area contributed by atoms with E-state index in [4.69, 9.17) is 11.5 Å². The molecule has 0 radical (unpaired) electrons. The predicted octanol–water partition coefficient (Wildman–Crippen LogP) is 1.55. The van der Waals surface area contributed by atoms with Crippen LogP contribution in [0.25, 0.3) is 10.6 Å². The van der Waals surface area contributed by atoms with Crippen LogP contribution in [0.3, 0.4) is 0 Å². The predicted molar refractivity (Wildman–Crippen MR) is 77.8 cm³/mol. The summed E-state index contributed by atoms with van der Waals surface area (Å²) in [6.45, 7) is 1.92. The van der Waals surface area contributed by atoms with Crippen LogP contribution in [0.5, 0.6) is 0 Å². The Bertz CT molecular complexity index is 579. The number of hydrogen-bond donors (Lipinski definition) is 2. The first-order chi connectivity index (χ1) is 8.47. The molecule has 0 amide bonds. The molecule has 0 saturated carbocycles. The summed E-state index contributed by atoms with van der Waals surface area (Å²) in [7, 11) is 3.93. The van der Waals surface area contributed by atoms with Crippen LogP contribution in [-0.2, 0) is 0 Å². The standard InChI is InChI=1S/C10H14N6S2/c1-5-7(18-9(13-5)15-8(11)12)6-4-17-10(14-6)16(2)3/h4H,1-3H3,(H4,11,12,13,15). The van der Waals surface area contributed by atoms with Gasteiger partial charge in [-0.15, -0.1) is 11.3 Å². The van der Waals surface area contributed by atoms with Gasteiger partial charge in [-0.3, -0.25) is 0 Å². The molecule has 0 aromatic carbocycles. The Balaban J connectivity index is 2.38. The molecule has 0 fully saturated rings. The fraction of sp³-hybridized carbons (Fsp3) is 0.300. The molecule has 0 unspecified atom stereocenters. The molecule has 0 spiro atoms. The highest BCUT2D eigenvalue weighted by atomic mass is 32.1. The van der Waals surface area contributed by atoms with E-state index in [0.717, 1.165) is 21.4 Å². The zero-order valence-electron chi connectivity index (χ0n) is 10.3. The molecule has 0 atom stereocenters. The van der Waals surface area contributed by atoms with Gasteiger partial charge in [0.25, 0.3) is 0 Å². The van der Waals surface area contributed by atoms with Crippen LogP contribution in [0.2, 0.25) is 0 Å². The third-order valence-corrected chi connectivity index (χ3v) is 4.20. The van der Waals surface area contributed by atoms with Crippen LogP contribution in [0.15, 0.2) is 10.4 Å². The number of aromatic nitrogens is 2. The van der Waals surface area contributed by atoms with Crippen LogP contribution in [0.1, 0.15) is 5.69 Å². The largest absolute Gasteiger partial charge is 0.370 e. The van der Waals surface area contributed by atoms with Gasteiger partial charge in [0, 0.05) is 19.5 Å². The normalized spacial score (nSPS) is 10.4. The van der Waals surface area contributed by atoms with Gasteiger partial charge in [0.05, 0.1) is 16.3 Å². The van der Waals surface area contributed by atoms with Gasteiger partial charge in [-0.05, 0) is 6.92 Å². The first-order valence-corrected chi connectivity index (χ1v) is 6.87. The van der Waals surface area contributed by atoms with Crippen molar-refractivity contribution in [1.82, 2.24) is 9.97 Å². The van der Waals surface area contributed by atoms with Crippen LogP contribution in [0.4, 0.5) is 10.3 Å². The van der Waals surface area contributed by atoms with Gasteiger partial charge in [-0.2, -0.15) is 4.99 Å². The fourth-order valence-electron chi connectivity index (χ4n) is 1.35. The second kappa shape index (κ2) is 4.91. The number of guanidine groups is 1. The smallest absolute Gasteiger partial charge is 0.213 e. The van der Waals surface area contributed by atoms with Gasteiger partial charge in [0.2, 0.25) is 5.13 Å². The summed E-state index contributed by atoms with van der Waals surface area (Å²) in [5, 5.41) is 3.53. The Morgan fingerprint density at radius 2 is 2.06 bits per heavy atom. The lowest BCUT2D eigenvalue weighted by Crippen LogP contribution is -2.21. The number of aryl methyl sites for hydroxylation is 1. The molecule has 2 rings (SSSR count). The molecule has 2 aromatic rings. The summed E-state index contributed by atoms with van der Waals surface area (Å²) in [4.78, 5) is 15.8. The highest BCUT2D eigenvalue weighted by molar-refractivity contribution is 7.19. The van der Waals surface area contributed by atoms with Gasteiger partial charge in [0.1, 0.15) is 0 Å². The third kappa shape index (κ3) is 2.59. The van der Waals surface area contributed by atoms with E-state index in [9.17, 15) is 0 Å². The van der Waals surface area contributed by atoms with E-state index in [1.807, 2.05) is 31.3 Å². The van der Waals surface area contributed by atoms with Crippen molar-refractivity contribution in [3.63, 3.8) is 0 Å². The van der Waals surface area contributed by atoms with E-state index in [-0.39, 0.29) is 5.96 Å². The average molecular weight is 282 g/mol. The van der Waals surface area contributed by atoms with Crippen molar-refractivity contribution < 1.29 is 0 Å². The molecule has 0 bridgehead atoms. The SMILES string of the molecule is Cc1nc(N=C(N)N)sc1-c1csc(N(C)C)n1. The highest BCUT2D eigenvalue weighted by Gasteiger charge is 2.13. The third-order valence-electron chi connectivity index (χ3n) is 2.12. The molecular weight excluding hydrogens is 268 g/mol. The lowest BCUT2D eigenvalue weighted by atomic mass is 10.3. The Labute approximate surface area is 113 Å². The second-order valence-electron chi connectivity index (χ2n) is 3.86. The van der Waals surface area contributed by atoms with Crippen LogP contribution >= 0.6 is 22.7 Å². The highest BCUT2D eigenvalue weighted by Crippen LogP contribution is 2.35. The van der Waals surface area contributed by atoms with Crippen molar-refractivity contribution >= 4 is 38.9 Å². The minimum Gasteiger partial charge on any atom is -0.370 e. The zero-order chi connectivity index (χ0) is 13.3. The van der Waals surface area contributed by atoms with Crippen molar-refractivity contribution in [1.29, 1.82) is 0 Å². The Hall–Kier alpha value is -1.67. The zero-order valence-corrected chi connectivity index (χ0v) is 12.0. The maximum atomic E-state index is 5.34. The molecule has 0 aliphatic rings. The molecule has 2 heterocycles. The number of aliphatic imine (C=N–C) groups is 1. The van der Waals surface area contributed by atoms with E-state index in [2.05, 4.69) is 15.0 Å². The van der Waals surface area contributed by atoms with E-state index < -0.39 is 0 Å². The quantitative estimate of drug-likeness (QED) is 0.658. The van der Waals surface area contributed by atoms with Crippen molar-refractivity contribution in [2.75, 3.05) is 19.0 Å². The maximum absolute atomic E-state index is 5.34. The summed E-state index contributed by atoms with van der Waals surface area (Å²) < 4.78 is 0. The van der Waals surface area contributed by atoms with E-state index >= 15 is 0 Å². The molecule has 8 heteroatoms. The number of rotatable bonds is 3. The maximum Gasteiger partial charge on any atom is 0.213 e. The van der Waals surface area contributed by atoms with Gasteiger partial charge in [-0.1, -0.05) is 11.3 Å². The minimum atomic E-state index is 0.0163. The topological polar surface area (TPSA) is 93.4 Å². The summed E-state index contributed by atoms with van der Waals surface area (Å²) in [6.07, 6.45) is 0. The van der Waals surface area contributed by atoms with Crippen molar-refractivity contribution in [2.45, 2.75) is 6.92 Å². The van der Waals surface area contributed by atoms with Gasteiger partial charge in [-0.25, -0.2) is 9.97 Å². The molecule has 0 aliphatic heterocycles. The molecule has 0 aliphatic carbocycles. The van der Waals surface area contributed by atoms with Crippen molar-refractivity contribution in [3.8, 4) is 10.6 Å². The summed E-state index contributed by atoms with van der Waals surface area (Å²) in [5.41, 5.74) is 12.5. The van der Waals surface area contributed by atoms with Gasteiger partial charge in [0.15, 0.2) is 11.1 Å². The second-order valence-corrected chi connectivity index (χ2v) is 5.67. The van der Waals surface area contributed by atoms with Gasteiger partial charge < -0.3 is 16.4 Å². The molecule has 4 N–H and O–H groups in total. The van der Waals surface area contributed by atoms with Crippen LogP contribution in [-0.4, -0.2) is 30.0 Å². The Morgan fingerprint density at radius 1 is 1.33 bits per heavy atom. The molecular formula is C10H14N6S2. The van der Waals surface area contributed by atoms with Crippen molar-refractivity contribution in [2.24, 2.45) is 16.5 Å². The number of thiazole rings is 2. The number of nitrogens with zero attached hydrogens (tertiary/aromatic N) is 4. The molecule has 0 saturated heterocycles. The lowest BCUT2D eigenvalue weighted by molar-refractivity contribution is 1.11. The molecule has 6 nitrogen and oxygen atoms in total. The average Bonchev–Trinajstić information content (AvgIpc) is 2.83. The molecule has 18 heavy (non-hydrogen) atoms. The summed E-state index contributed by atoms with van der Waals surface area (Å²) in [5.74, 6) is 0.0163. The van der Waals surface area contributed by atoms with E-state index in [0.29, 0.717) is 5.13 Å². The monoisotopic (exact) mass is 282 g/mol. The molecule has 2 aromatic heterocycles. The van der Waals surface area contributed by atoms with E-state index in [1.54, 1.807) is 11.3 Å². The van der Waals surface area contributed by atoms with Crippen LogP contribution < -0.4 is 16.4 Å². The lowest BCUT2D eigenvalue weighted by Gasteiger charge is -2.05. The number of anilines is 1. The Kier molecular flexibility index (Phi) is 3.48. The fourth-order valence-corrected chi connectivity index (χ4v) is 3.09. The van der Waals surface area contributed by atoms with Gasteiger partial charge >= 0.3 is 0 Å². The first-order valence-electron chi connectivity index (χ1n) is 5.17. The minimum absolute atomic E-state index is 0.0163. The summed E-state index contributed by atoms with van der Waals surface area (Å²) >= 11 is 3.03. The number of hydrogen-bond acceptors (Lipinski definition) is 6.